The molecular weight excluding hydrogens is 310 g/mol. The molecule has 0 fully saturated rings. The van der Waals surface area contributed by atoms with E-state index < -0.39 is 6.10 Å². The fraction of sp³-hybridized carbons (Fsp3) is 0.389. The van der Waals surface area contributed by atoms with Crippen molar-refractivity contribution in [3.63, 3.8) is 0 Å². The highest BCUT2D eigenvalue weighted by Crippen LogP contribution is 2.23. The maximum Gasteiger partial charge on any atom is 0.251 e. The van der Waals surface area contributed by atoms with Gasteiger partial charge in [0, 0.05) is 21.9 Å². The molecule has 1 amide bonds. The van der Waals surface area contributed by atoms with Crippen LogP contribution in [0.15, 0.2) is 36.4 Å². The lowest BCUT2D eigenvalue weighted by Crippen LogP contribution is -2.25. The van der Waals surface area contributed by atoms with Crippen LogP contribution in [0.25, 0.3) is 0 Å². The largest absolute Gasteiger partial charge is 0.491 e. The lowest BCUT2D eigenvalue weighted by Gasteiger charge is -2.10. The van der Waals surface area contributed by atoms with Crippen LogP contribution in [0.1, 0.15) is 47.0 Å². The minimum absolute atomic E-state index is 0.0894. The Balaban J connectivity index is 1.82. The zero-order chi connectivity index (χ0) is 16.8. The molecule has 2 aromatic rings. The van der Waals surface area contributed by atoms with Gasteiger partial charge >= 0.3 is 0 Å². The van der Waals surface area contributed by atoms with Crippen LogP contribution in [-0.2, 0) is 6.42 Å². The third kappa shape index (κ3) is 5.37. The number of nitrogens with one attached hydrogen (secondary N) is 1. The summed E-state index contributed by atoms with van der Waals surface area (Å²) in [4.78, 5) is 14.2. The lowest BCUT2D eigenvalue weighted by molar-refractivity contribution is 0.0954. The molecule has 5 heteroatoms. The van der Waals surface area contributed by atoms with Crippen molar-refractivity contribution in [1.82, 2.24) is 5.32 Å². The van der Waals surface area contributed by atoms with Gasteiger partial charge in [-0.3, -0.25) is 4.79 Å². The van der Waals surface area contributed by atoms with E-state index in [9.17, 15) is 9.90 Å². The van der Waals surface area contributed by atoms with Gasteiger partial charge < -0.3 is 15.2 Å². The summed E-state index contributed by atoms with van der Waals surface area (Å²) in [6.07, 6.45) is 0.444. The summed E-state index contributed by atoms with van der Waals surface area (Å²) in [5, 5.41) is 12.4. The van der Waals surface area contributed by atoms with E-state index in [1.165, 1.54) is 0 Å². The van der Waals surface area contributed by atoms with Crippen LogP contribution in [0.4, 0.5) is 0 Å². The van der Waals surface area contributed by atoms with Gasteiger partial charge in [-0.15, -0.1) is 11.3 Å². The molecule has 2 rings (SSSR count). The van der Waals surface area contributed by atoms with Crippen LogP contribution in [0.2, 0.25) is 0 Å². The molecule has 0 radical (unpaired) electrons. The van der Waals surface area contributed by atoms with Crippen LogP contribution in [0, 0.1) is 0 Å². The molecule has 0 aliphatic heterocycles. The number of benzene rings is 1. The Labute approximate surface area is 141 Å². The zero-order valence-corrected chi connectivity index (χ0v) is 14.5. The van der Waals surface area contributed by atoms with Crippen molar-refractivity contribution in [3.05, 3.63) is 51.7 Å². The fourth-order valence-electron chi connectivity index (χ4n) is 2.11. The van der Waals surface area contributed by atoms with E-state index in [1.807, 2.05) is 38.1 Å². The van der Waals surface area contributed by atoms with Gasteiger partial charge in [0.05, 0.1) is 12.2 Å². The number of carbonyl (C=O) groups excluding carboxylic acids is 1. The van der Waals surface area contributed by atoms with Crippen LogP contribution < -0.4 is 10.1 Å². The van der Waals surface area contributed by atoms with E-state index in [0.717, 1.165) is 21.9 Å². The smallest absolute Gasteiger partial charge is 0.251 e. The Morgan fingerprint density at radius 1 is 1.17 bits per heavy atom. The molecule has 0 saturated heterocycles. The standard InChI is InChI=1S/C18H23NO3S/c1-12(2)22-15-6-4-14(5-7-15)18(21)19-11-10-16-8-9-17(23-16)13(3)20/h4-9,12-13,20H,10-11H2,1-3H3,(H,19,21)/t13-/m0/s1. The van der Waals surface area contributed by atoms with E-state index in [1.54, 1.807) is 30.4 Å². The van der Waals surface area contributed by atoms with Crippen molar-refractivity contribution in [2.45, 2.75) is 39.4 Å². The molecule has 0 aliphatic carbocycles. The van der Waals surface area contributed by atoms with Gasteiger partial charge in [0.15, 0.2) is 0 Å². The number of thiophene rings is 1. The normalized spacial score (nSPS) is 12.2. The second-order valence-electron chi connectivity index (χ2n) is 5.68. The summed E-state index contributed by atoms with van der Waals surface area (Å²) in [5.41, 5.74) is 0.622. The van der Waals surface area contributed by atoms with Gasteiger partial charge in [-0.2, -0.15) is 0 Å². The highest BCUT2D eigenvalue weighted by molar-refractivity contribution is 7.12. The van der Waals surface area contributed by atoms with Crippen LogP contribution in [0.5, 0.6) is 5.75 Å². The van der Waals surface area contributed by atoms with E-state index in [4.69, 9.17) is 4.74 Å². The molecule has 1 aromatic carbocycles. The summed E-state index contributed by atoms with van der Waals surface area (Å²) in [7, 11) is 0. The summed E-state index contributed by atoms with van der Waals surface area (Å²) in [6.45, 7) is 6.26. The second kappa shape index (κ2) is 8.13. The number of ether oxygens (including phenoxy) is 1. The third-order valence-corrected chi connectivity index (χ3v) is 4.55. The maximum absolute atomic E-state index is 12.1. The number of aliphatic hydroxyl groups excluding tert-OH is 1. The van der Waals surface area contributed by atoms with Crippen molar-refractivity contribution in [2.24, 2.45) is 0 Å². The van der Waals surface area contributed by atoms with Crippen molar-refractivity contribution in [3.8, 4) is 5.75 Å². The highest BCUT2D eigenvalue weighted by atomic mass is 32.1. The lowest BCUT2D eigenvalue weighted by atomic mass is 10.2. The van der Waals surface area contributed by atoms with E-state index >= 15 is 0 Å². The molecular formula is C18H23NO3S. The molecule has 1 aromatic heterocycles. The number of rotatable bonds is 7. The average Bonchev–Trinajstić information content (AvgIpc) is 2.96. The Bertz CT molecular complexity index is 632. The van der Waals surface area contributed by atoms with Crippen molar-refractivity contribution in [1.29, 1.82) is 0 Å². The number of hydrogen-bond donors (Lipinski definition) is 2. The van der Waals surface area contributed by atoms with Gasteiger partial charge in [0.2, 0.25) is 0 Å². The van der Waals surface area contributed by atoms with Crippen LogP contribution in [-0.4, -0.2) is 23.7 Å². The first-order valence-electron chi connectivity index (χ1n) is 7.77. The van der Waals surface area contributed by atoms with Gasteiger partial charge in [-0.1, -0.05) is 0 Å². The summed E-state index contributed by atoms with van der Waals surface area (Å²) in [5.74, 6) is 0.675. The second-order valence-corrected chi connectivity index (χ2v) is 6.88. The molecule has 1 heterocycles. The SMILES string of the molecule is CC(C)Oc1ccc(C(=O)NCCc2ccc([C@H](C)O)s2)cc1. The Hall–Kier alpha value is -1.85. The molecule has 0 spiro atoms. The monoisotopic (exact) mass is 333 g/mol. The van der Waals surface area contributed by atoms with Crippen LogP contribution in [0.3, 0.4) is 0 Å². The number of hydrogen-bond acceptors (Lipinski definition) is 4. The molecule has 124 valence electrons. The molecule has 0 aliphatic rings. The predicted molar refractivity (Wildman–Crippen MR) is 93.2 cm³/mol. The summed E-state index contributed by atoms with van der Waals surface area (Å²) < 4.78 is 5.56. The van der Waals surface area contributed by atoms with Gasteiger partial charge in [-0.05, 0) is 63.6 Å². The first-order chi connectivity index (χ1) is 11.0. The summed E-state index contributed by atoms with van der Waals surface area (Å²) >= 11 is 1.58. The molecule has 2 N–H and O–H groups in total. The van der Waals surface area contributed by atoms with Crippen molar-refractivity contribution in [2.75, 3.05) is 6.54 Å². The first kappa shape index (κ1) is 17.5. The summed E-state index contributed by atoms with van der Waals surface area (Å²) in [6, 6.07) is 11.1. The van der Waals surface area contributed by atoms with Crippen molar-refractivity contribution < 1.29 is 14.6 Å². The maximum atomic E-state index is 12.1. The first-order valence-corrected chi connectivity index (χ1v) is 8.59. The Kier molecular flexibility index (Phi) is 6.19. The minimum Gasteiger partial charge on any atom is -0.491 e. The van der Waals surface area contributed by atoms with Crippen molar-refractivity contribution >= 4 is 17.2 Å². The third-order valence-electron chi connectivity index (χ3n) is 3.24. The molecule has 1 atom stereocenters. The van der Waals surface area contributed by atoms with Crippen LogP contribution >= 0.6 is 11.3 Å². The quantitative estimate of drug-likeness (QED) is 0.814. The zero-order valence-electron chi connectivity index (χ0n) is 13.7. The van der Waals surface area contributed by atoms with E-state index in [-0.39, 0.29) is 12.0 Å². The predicted octanol–water partition coefficient (Wildman–Crippen LogP) is 3.56. The Morgan fingerprint density at radius 3 is 2.43 bits per heavy atom. The van der Waals surface area contributed by atoms with Gasteiger partial charge in [-0.25, -0.2) is 0 Å². The molecule has 0 bridgehead atoms. The van der Waals surface area contributed by atoms with Gasteiger partial charge in [0.25, 0.3) is 5.91 Å². The van der Waals surface area contributed by atoms with E-state index in [2.05, 4.69) is 5.32 Å². The fourth-order valence-corrected chi connectivity index (χ4v) is 3.06. The Morgan fingerprint density at radius 2 is 1.87 bits per heavy atom. The minimum atomic E-state index is -0.435. The number of amides is 1. The molecule has 0 unspecified atom stereocenters. The van der Waals surface area contributed by atoms with Gasteiger partial charge in [0.1, 0.15) is 5.75 Å². The molecule has 23 heavy (non-hydrogen) atoms. The molecule has 4 nitrogen and oxygen atoms in total. The highest BCUT2D eigenvalue weighted by Gasteiger charge is 2.08. The average molecular weight is 333 g/mol. The molecule has 0 saturated carbocycles. The topological polar surface area (TPSA) is 58.6 Å². The van der Waals surface area contributed by atoms with E-state index in [0.29, 0.717) is 12.1 Å². The number of carbonyl (C=O) groups is 1. The number of aliphatic hydroxyl groups is 1.